The Morgan fingerprint density at radius 2 is 1.23 bits per heavy atom. The number of hydrogen-bond acceptors (Lipinski definition) is 4. The molecule has 2 aromatic heterocycles. The number of ether oxygens (including phenoxy) is 1. The van der Waals surface area contributed by atoms with Crippen molar-refractivity contribution in [2.45, 2.75) is 0 Å². The van der Waals surface area contributed by atoms with E-state index in [0.29, 0.717) is 11.5 Å². The van der Waals surface area contributed by atoms with Crippen molar-refractivity contribution in [3.63, 3.8) is 0 Å². The summed E-state index contributed by atoms with van der Waals surface area (Å²) in [6.45, 7) is 2.06. The van der Waals surface area contributed by atoms with Gasteiger partial charge in [0.15, 0.2) is 0 Å². The monoisotopic (exact) mass is 863 g/mol. The van der Waals surface area contributed by atoms with Crippen LogP contribution in [0.4, 0.5) is 11.4 Å². The van der Waals surface area contributed by atoms with Crippen LogP contribution in [0.1, 0.15) is 0 Å². The molecule has 0 unspecified atom stereocenters. The van der Waals surface area contributed by atoms with Crippen LogP contribution in [-0.4, -0.2) is 14.1 Å². The molecule has 1 aliphatic rings. The van der Waals surface area contributed by atoms with Gasteiger partial charge < -0.3 is 19.1 Å². The van der Waals surface area contributed by atoms with E-state index in [9.17, 15) is 0 Å². The van der Waals surface area contributed by atoms with Gasteiger partial charge in [-0.15, -0.1) is 48.1 Å². The van der Waals surface area contributed by atoms with Crippen LogP contribution in [-0.2, 0) is 21.1 Å². The summed E-state index contributed by atoms with van der Waals surface area (Å²) >= 11 is 0. The maximum Gasteiger partial charge on any atom is 0.218 e. The Hall–Kier alpha value is -6.36. The van der Waals surface area contributed by atoms with Crippen LogP contribution in [0, 0.1) is 18.8 Å². The Bertz CT molecular complexity index is 2770. The van der Waals surface area contributed by atoms with E-state index in [-0.39, 0.29) is 21.1 Å². The molecule has 0 saturated carbocycles. The van der Waals surface area contributed by atoms with Gasteiger partial charge in [-0.3, -0.25) is 4.57 Å². The third kappa shape index (κ3) is 5.78. The van der Waals surface area contributed by atoms with E-state index < -0.39 is 0 Å². The quantitative estimate of drug-likeness (QED) is 0.150. The van der Waals surface area contributed by atoms with Gasteiger partial charge in [0, 0.05) is 55.0 Å². The molecule has 0 spiro atoms. The van der Waals surface area contributed by atoms with Gasteiger partial charge in [0.05, 0.1) is 11.0 Å². The number of nitrogens with zero attached hydrogens (tertiary/aromatic N) is 5. The second-order valence-electron chi connectivity index (χ2n) is 12.6. The largest absolute Gasteiger partial charge is 0.509 e. The molecule has 0 N–H and O–H groups in total. The van der Waals surface area contributed by atoms with Gasteiger partial charge >= 0.3 is 0 Å². The molecule has 0 saturated heterocycles. The number of rotatable bonds is 7. The molecule has 10 rings (SSSR count). The van der Waals surface area contributed by atoms with E-state index in [4.69, 9.17) is 9.72 Å². The van der Waals surface area contributed by atoms with Crippen molar-refractivity contribution in [3.8, 4) is 34.3 Å². The molecule has 0 bridgehead atoms. The Morgan fingerprint density at radius 3 is 2.09 bits per heavy atom. The second-order valence-corrected chi connectivity index (χ2v) is 12.6. The van der Waals surface area contributed by atoms with Gasteiger partial charge in [-0.25, -0.2) is 4.98 Å². The molecular formula is C46H30N5OPt-3. The number of imidazole rings is 1. The summed E-state index contributed by atoms with van der Waals surface area (Å²) in [6.07, 6.45) is 4.10. The molecule has 6 nitrogen and oxygen atoms in total. The Balaban J connectivity index is 0.00000372. The molecule has 0 fully saturated rings. The summed E-state index contributed by atoms with van der Waals surface area (Å²) in [6, 6.07) is 63.0. The smallest absolute Gasteiger partial charge is 0.218 e. The molecule has 3 heterocycles. The molecule has 53 heavy (non-hydrogen) atoms. The van der Waals surface area contributed by atoms with Crippen molar-refractivity contribution in [2.75, 3.05) is 9.80 Å². The fraction of sp³-hybridized carbons (Fsp3) is 0. The topological polar surface area (TPSA) is 38.5 Å². The van der Waals surface area contributed by atoms with Gasteiger partial charge in [-0.1, -0.05) is 103 Å². The van der Waals surface area contributed by atoms with Crippen molar-refractivity contribution in [1.29, 1.82) is 0 Å². The van der Waals surface area contributed by atoms with E-state index in [1.54, 1.807) is 0 Å². The summed E-state index contributed by atoms with van der Waals surface area (Å²) < 4.78 is 10.9. The minimum atomic E-state index is 0. The summed E-state index contributed by atoms with van der Waals surface area (Å²) in [4.78, 5) is 9.37. The first-order valence-electron chi connectivity index (χ1n) is 17.2. The number of para-hydroxylation sites is 5. The second kappa shape index (κ2) is 13.6. The zero-order valence-corrected chi connectivity index (χ0v) is 30.6. The normalized spacial score (nSPS) is 12.5. The standard InChI is InChI=1S/C46H30N5O.Pt/c1-3-14-33(15-4-1)38-20-7-10-23-42(38)49-29-28-48(32-49)35-18-13-19-36(30-35)52-37-26-27-40-39-21-8-11-24-43(39)51(45(40)31-37)46-47-41-22-9-12-25-44(41)50(46)34-16-5-2-6-17-34;/h1-29,32H;/q-3;. The average molecular weight is 864 g/mol. The summed E-state index contributed by atoms with van der Waals surface area (Å²) in [5.41, 5.74) is 9.20. The molecule has 7 heteroatoms. The third-order valence-corrected chi connectivity index (χ3v) is 9.47. The van der Waals surface area contributed by atoms with E-state index >= 15 is 0 Å². The maximum atomic E-state index is 6.51. The average Bonchev–Trinajstić information content (AvgIpc) is 3.93. The summed E-state index contributed by atoms with van der Waals surface area (Å²) in [7, 11) is 0. The van der Waals surface area contributed by atoms with Crippen molar-refractivity contribution >= 4 is 44.2 Å². The van der Waals surface area contributed by atoms with E-state index in [0.717, 1.165) is 61.4 Å². The summed E-state index contributed by atoms with van der Waals surface area (Å²) in [5.74, 6) is 1.97. The van der Waals surface area contributed by atoms with E-state index in [1.807, 2.05) is 53.6 Å². The minimum absolute atomic E-state index is 0. The van der Waals surface area contributed by atoms with E-state index in [1.165, 1.54) is 5.56 Å². The molecule has 258 valence electrons. The van der Waals surface area contributed by atoms with Crippen molar-refractivity contribution in [2.24, 2.45) is 0 Å². The van der Waals surface area contributed by atoms with Crippen molar-refractivity contribution < 1.29 is 25.8 Å². The van der Waals surface area contributed by atoms with Crippen LogP contribution in [0.15, 0.2) is 176 Å². The molecule has 7 aromatic carbocycles. The van der Waals surface area contributed by atoms with Crippen molar-refractivity contribution in [3.05, 3.63) is 195 Å². The molecular weight excluding hydrogens is 834 g/mol. The van der Waals surface area contributed by atoms with Crippen LogP contribution in [0.5, 0.6) is 11.5 Å². The van der Waals surface area contributed by atoms with E-state index in [2.05, 4.69) is 160 Å². The van der Waals surface area contributed by atoms with Crippen molar-refractivity contribution in [1.82, 2.24) is 14.1 Å². The Kier molecular flexibility index (Phi) is 8.38. The molecule has 9 aromatic rings. The first kappa shape index (κ1) is 32.5. The maximum absolute atomic E-state index is 6.51. The van der Waals surface area contributed by atoms with Crippen LogP contribution < -0.4 is 14.5 Å². The molecule has 0 aliphatic carbocycles. The van der Waals surface area contributed by atoms with Crippen LogP contribution in [0.2, 0.25) is 0 Å². The summed E-state index contributed by atoms with van der Waals surface area (Å²) in [5, 5.41) is 2.19. The Labute approximate surface area is 321 Å². The fourth-order valence-corrected chi connectivity index (χ4v) is 7.10. The Morgan fingerprint density at radius 1 is 0.528 bits per heavy atom. The first-order valence-corrected chi connectivity index (χ1v) is 17.2. The molecule has 1 aliphatic heterocycles. The fourth-order valence-electron chi connectivity index (χ4n) is 7.10. The molecule has 0 amide bonds. The van der Waals surface area contributed by atoms with Crippen LogP contribution in [0.25, 0.3) is 55.6 Å². The van der Waals surface area contributed by atoms with Gasteiger partial charge in [-0.2, -0.15) is 12.1 Å². The van der Waals surface area contributed by atoms with Gasteiger partial charge in [0.2, 0.25) is 5.95 Å². The minimum Gasteiger partial charge on any atom is -0.509 e. The number of anilines is 2. The zero-order valence-electron chi connectivity index (χ0n) is 28.3. The number of aromatic nitrogens is 3. The predicted octanol–water partition coefficient (Wildman–Crippen LogP) is 11.1. The van der Waals surface area contributed by atoms with Gasteiger partial charge in [0.1, 0.15) is 0 Å². The zero-order chi connectivity index (χ0) is 34.4. The third-order valence-electron chi connectivity index (χ3n) is 9.47. The van der Waals surface area contributed by atoms with Crippen LogP contribution >= 0.6 is 0 Å². The van der Waals surface area contributed by atoms with Crippen LogP contribution in [0.3, 0.4) is 0 Å². The number of benzene rings is 7. The predicted molar refractivity (Wildman–Crippen MR) is 210 cm³/mol. The molecule has 0 radical (unpaired) electrons. The first-order chi connectivity index (χ1) is 25.8. The van der Waals surface area contributed by atoms with Gasteiger partial charge in [-0.05, 0) is 59.7 Å². The number of hydrogen-bond donors (Lipinski definition) is 0. The number of fused-ring (bicyclic) bond motifs is 4. The SMILES string of the molecule is [Pt].[c-]1c(Oc2[c-]c3c(cc2)c2ccccc2n3-c2nc3ccccc3n2-c2ccccc2)cccc1N1C=CN(c2ccccc2-c2ccccc2)[CH-]1. The van der Waals surface area contributed by atoms with Gasteiger partial charge in [0.25, 0.3) is 0 Å². The molecule has 0 atom stereocenters.